The molecular formula is C14H25N3O. The van der Waals surface area contributed by atoms with E-state index in [0.717, 1.165) is 24.7 Å². The lowest BCUT2D eigenvalue weighted by atomic mass is 9.67. The summed E-state index contributed by atoms with van der Waals surface area (Å²) in [4.78, 5) is 0. The first kappa shape index (κ1) is 13.4. The van der Waals surface area contributed by atoms with Gasteiger partial charge in [0.15, 0.2) is 0 Å². The first-order chi connectivity index (χ1) is 8.62. The van der Waals surface area contributed by atoms with Gasteiger partial charge in [-0.1, -0.05) is 13.3 Å². The Kier molecular flexibility index (Phi) is 3.95. The summed E-state index contributed by atoms with van der Waals surface area (Å²) in [5.41, 5.74) is 2.80. The lowest BCUT2D eigenvalue weighted by molar-refractivity contribution is 0.123. The molecule has 4 heteroatoms. The van der Waals surface area contributed by atoms with Crippen molar-refractivity contribution >= 4 is 0 Å². The highest BCUT2D eigenvalue weighted by Crippen LogP contribution is 2.43. The number of hydrogen-bond donors (Lipinski definition) is 1. The summed E-state index contributed by atoms with van der Waals surface area (Å²) in [6, 6.07) is 0. The monoisotopic (exact) mass is 251 g/mol. The molecule has 1 aromatic heterocycles. The Balaban J connectivity index is 1.94. The standard InChI is InChI=1S/C14H25N3O/c1-5-14(7-6-8-14)10-15-9-12-11(2)16-17(3)13(12)18-4/h15H,5-10H2,1-4H3. The van der Waals surface area contributed by atoms with Crippen molar-refractivity contribution in [1.82, 2.24) is 15.1 Å². The molecular weight excluding hydrogens is 226 g/mol. The van der Waals surface area contributed by atoms with Gasteiger partial charge in [-0.15, -0.1) is 0 Å². The van der Waals surface area contributed by atoms with Crippen LogP contribution in [0.4, 0.5) is 0 Å². The second-order valence-corrected chi connectivity index (χ2v) is 5.51. The van der Waals surface area contributed by atoms with E-state index in [9.17, 15) is 0 Å². The highest BCUT2D eigenvalue weighted by Gasteiger charge is 2.34. The lowest BCUT2D eigenvalue weighted by Gasteiger charge is -2.41. The summed E-state index contributed by atoms with van der Waals surface area (Å²) in [7, 11) is 3.63. The van der Waals surface area contributed by atoms with Crippen LogP contribution in [0.3, 0.4) is 0 Å². The zero-order valence-corrected chi connectivity index (χ0v) is 12.0. The maximum absolute atomic E-state index is 5.41. The molecule has 102 valence electrons. The quantitative estimate of drug-likeness (QED) is 0.844. The van der Waals surface area contributed by atoms with Crippen LogP contribution < -0.4 is 10.1 Å². The van der Waals surface area contributed by atoms with Gasteiger partial charge in [0.2, 0.25) is 5.88 Å². The molecule has 0 radical (unpaired) electrons. The van der Waals surface area contributed by atoms with Crippen LogP contribution in [0.1, 0.15) is 43.9 Å². The fraction of sp³-hybridized carbons (Fsp3) is 0.786. The average molecular weight is 251 g/mol. The van der Waals surface area contributed by atoms with Gasteiger partial charge in [-0.2, -0.15) is 5.10 Å². The van der Waals surface area contributed by atoms with Crippen LogP contribution in [-0.2, 0) is 13.6 Å². The number of ether oxygens (including phenoxy) is 1. The van der Waals surface area contributed by atoms with Crippen molar-refractivity contribution in [3.05, 3.63) is 11.3 Å². The molecule has 1 saturated carbocycles. The summed E-state index contributed by atoms with van der Waals surface area (Å²) in [5, 5.41) is 7.99. The van der Waals surface area contributed by atoms with E-state index in [0.29, 0.717) is 5.41 Å². The molecule has 0 atom stereocenters. The fourth-order valence-electron chi connectivity index (χ4n) is 2.92. The van der Waals surface area contributed by atoms with E-state index in [1.165, 1.54) is 31.2 Å². The molecule has 0 spiro atoms. The van der Waals surface area contributed by atoms with Crippen molar-refractivity contribution in [2.45, 2.75) is 46.1 Å². The summed E-state index contributed by atoms with van der Waals surface area (Å²) >= 11 is 0. The van der Waals surface area contributed by atoms with Gasteiger partial charge in [-0.25, -0.2) is 4.68 Å². The van der Waals surface area contributed by atoms with E-state index in [1.54, 1.807) is 7.11 Å². The van der Waals surface area contributed by atoms with Crippen molar-refractivity contribution < 1.29 is 4.74 Å². The van der Waals surface area contributed by atoms with Gasteiger partial charge < -0.3 is 10.1 Å². The Morgan fingerprint density at radius 1 is 1.44 bits per heavy atom. The Morgan fingerprint density at radius 3 is 2.67 bits per heavy atom. The van der Waals surface area contributed by atoms with Crippen LogP contribution in [0.2, 0.25) is 0 Å². The molecule has 1 aliphatic rings. The molecule has 1 aliphatic carbocycles. The van der Waals surface area contributed by atoms with E-state index in [4.69, 9.17) is 4.74 Å². The molecule has 4 nitrogen and oxygen atoms in total. The second kappa shape index (κ2) is 5.31. The molecule has 0 aliphatic heterocycles. The van der Waals surface area contributed by atoms with Crippen molar-refractivity contribution in [1.29, 1.82) is 0 Å². The van der Waals surface area contributed by atoms with Gasteiger partial charge in [0.1, 0.15) is 0 Å². The highest BCUT2D eigenvalue weighted by molar-refractivity contribution is 5.30. The maximum atomic E-state index is 5.41. The van der Waals surface area contributed by atoms with Gasteiger partial charge in [0.05, 0.1) is 18.4 Å². The lowest BCUT2D eigenvalue weighted by Crippen LogP contribution is -2.39. The molecule has 1 fully saturated rings. The molecule has 0 bridgehead atoms. The second-order valence-electron chi connectivity index (χ2n) is 5.51. The molecule has 0 saturated heterocycles. The minimum Gasteiger partial charge on any atom is -0.481 e. The third-order valence-electron chi connectivity index (χ3n) is 4.45. The van der Waals surface area contributed by atoms with Gasteiger partial charge in [0, 0.05) is 20.1 Å². The van der Waals surface area contributed by atoms with Crippen molar-refractivity contribution in [3.63, 3.8) is 0 Å². The van der Waals surface area contributed by atoms with Crippen LogP contribution in [-0.4, -0.2) is 23.4 Å². The minimum absolute atomic E-state index is 0.559. The molecule has 2 rings (SSSR count). The summed E-state index contributed by atoms with van der Waals surface area (Å²) < 4.78 is 7.22. The highest BCUT2D eigenvalue weighted by atomic mass is 16.5. The summed E-state index contributed by atoms with van der Waals surface area (Å²) in [6.45, 7) is 6.31. The van der Waals surface area contributed by atoms with Gasteiger partial charge >= 0.3 is 0 Å². The first-order valence-corrected chi connectivity index (χ1v) is 6.89. The molecule has 18 heavy (non-hydrogen) atoms. The number of hydrogen-bond acceptors (Lipinski definition) is 3. The topological polar surface area (TPSA) is 39.1 Å². The maximum Gasteiger partial charge on any atom is 0.216 e. The third kappa shape index (κ3) is 2.39. The minimum atomic E-state index is 0.559. The number of rotatable bonds is 6. The SMILES string of the molecule is CCC1(CNCc2c(C)nn(C)c2OC)CCC1. The summed E-state index contributed by atoms with van der Waals surface area (Å²) in [6.07, 6.45) is 5.42. The smallest absolute Gasteiger partial charge is 0.216 e. The Morgan fingerprint density at radius 2 is 2.17 bits per heavy atom. The number of aryl methyl sites for hydroxylation is 2. The summed E-state index contributed by atoms with van der Waals surface area (Å²) in [5.74, 6) is 0.874. The van der Waals surface area contributed by atoms with Crippen LogP contribution >= 0.6 is 0 Å². The fourth-order valence-corrected chi connectivity index (χ4v) is 2.92. The number of nitrogens with zero attached hydrogens (tertiary/aromatic N) is 2. The van der Waals surface area contributed by atoms with Gasteiger partial charge in [-0.3, -0.25) is 0 Å². The Hall–Kier alpha value is -1.03. The van der Waals surface area contributed by atoms with Crippen LogP contribution in [0.25, 0.3) is 0 Å². The predicted molar refractivity (Wildman–Crippen MR) is 72.8 cm³/mol. The molecule has 0 unspecified atom stereocenters. The third-order valence-corrected chi connectivity index (χ3v) is 4.45. The van der Waals surface area contributed by atoms with Crippen LogP contribution in [0.5, 0.6) is 5.88 Å². The zero-order chi connectivity index (χ0) is 13.2. The molecule has 0 aromatic carbocycles. The Bertz CT molecular complexity index is 402. The van der Waals surface area contributed by atoms with Crippen LogP contribution in [0.15, 0.2) is 0 Å². The van der Waals surface area contributed by atoms with E-state index >= 15 is 0 Å². The van der Waals surface area contributed by atoms with E-state index in [2.05, 4.69) is 17.3 Å². The van der Waals surface area contributed by atoms with Gasteiger partial charge in [0.25, 0.3) is 0 Å². The molecule has 1 N–H and O–H groups in total. The molecule has 1 aromatic rings. The number of nitrogens with one attached hydrogen (secondary N) is 1. The normalized spacial score (nSPS) is 17.6. The van der Waals surface area contributed by atoms with Crippen molar-refractivity contribution in [3.8, 4) is 5.88 Å². The zero-order valence-electron chi connectivity index (χ0n) is 12.0. The first-order valence-electron chi connectivity index (χ1n) is 6.89. The molecule has 0 amide bonds. The molecule has 1 heterocycles. The van der Waals surface area contributed by atoms with Crippen molar-refractivity contribution in [2.24, 2.45) is 12.5 Å². The van der Waals surface area contributed by atoms with Crippen LogP contribution in [0, 0.1) is 12.3 Å². The van der Waals surface area contributed by atoms with E-state index in [1.807, 2.05) is 18.7 Å². The number of methoxy groups -OCH3 is 1. The average Bonchev–Trinajstić information content (AvgIpc) is 2.57. The largest absolute Gasteiger partial charge is 0.481 e. The van der Waals surface area contributed by atoms with E-state index in [-0.39, 0.29) is 0 Å². The predicted octanol–water partition coefficient (Wildman–Crippen LogP) is 2.41. The van der Waals surface area contributed by atoms with E-state index < -0.39 is 0 Å². The Labute approximate surface area is 110 Å². The number of aromatic nitrogens is 2. The van der Waals surface area contributed by atoms with Gasteiger partial charge in [-0.05, 0) is 31.6 Å². The van der Waals surface area contributed by atoms with Crippen molar-refractivity contribution in [2.75, 3.05) is 13.7 Å².